The molecule has 184 valence electrons. The van der Waals surface area contributed by atoms with Crippen molar-refractivity contribution in [2.75, 3.05) is 42.6 Å². The van der Waals surface area contributed by atoms with Gasteiger partial charge in [-0.1, -0.05) is 0 Å². The predicted octanol–water partition coefficient (Wildman–Crippen LogP) is 2.96. The first-order chi connectivity index (χ1) is 16.6. The minimum atomic E-state index is -0.747. The van der Waals surface area contributed by atoms with Crippen LogP contribution in [0.5, 0.6) is 0 Å². The molecule has 1 aliphatic rings. The summed E-state index contributed by atoms with van der Waals surface area (Å²) < 4.78 is 6.86. The molecule has 11 nitrogen and oxygen atoms in total. The Balaban J connectivity index is 1.82. The van der Waals surface area contributed by atoms with E-state index in [1.54, 1.807) is 36.0 Å². The number of nitro groups is 1. The minimum absolute atomic E-state index is 0.109. The van der Waals surface area contributed by atoms with Gasteiger partial charge in [0.2, 0.25) is 11.4 Å². The number of carbonyl (C=O) groups is 1. The maximum absolute atomic E-state index is 13.2. The molecule has 1 fully saturated rings. The smallest absolute Gasteiger partial charge is 0.343 e. The topological polar surface area (TPSA) is 124 Å². The van der Waals surface area contributed by atoms with Crippen LogP contribution in [0.3, 0.4) is 0 Å². The fourth-order valence-electron chi connectivity index (χ4n) is 4.26. The second kappa shape index (κ2) is 9.32. The van der Waals surface area contributed by atoms with Crippen molar-refractivity contribution in [1.82, 2.24) is 14.5 Å². The van der Waals surface area contributed by atoms with Crippen molar-refractivity contribution in [3.63, 3.8) is 0 Å². The molecule has 4 rings (SSSR count). The zero-order valence-electron chi connectivity index (χ0n) is 20.2. The lowest BCUT2D eigenvalue weighted by atomic mass is 10.0. The number of carbonyl (C=O) groups excluding carboxylic acids is 1. The number of nitrogens with zero attached hydrogens (tertiary/aromatic N) is 6. The molecule has 3 aromatic rings. The van der Waals surface area contributed by atoms with Crippen LogP contribution in [0.15, 0.2) is 41.6 Å². The van der Waals surface area contributed by atoms with E-state index in [-0.39, 0.29) is 23.2 Å². The fourth-order valence-corrected chi connectivity index (χ4v) is 4.26. The molecule has 0 spiro atoms. The quantitative estimate of drug-likeness (QED) is 0.308. The van der Waals surface area contributed by atoms with Crippen LogP contribution in [0.1, 0.15) is 38.1 Å². The Morgan fingerprint density at radius 2 is 1.74 bits per heavy atom. The number of aromatic nitrogens is 3. The Morgan fingerprint density at radius 1 is 1.11 bits per heavy atom. The normalized spacial score (nSPS) is 14.3. The lowest BCUT2D eigenvalue weighted by Crippen LogP contribution is -2.47. The summed E-state index contributed by atoms with van der Waals surface area (Å²) in [5.41, 5.74) is -0.473. The van der Waals surface area contributed by atoms with Gasteiger partial charge < -0.3 is 19.1 Å². The van der Waals surface area contributed by atoms with E-state index in [2.05, 4.69) is 9.97 Å². The number of benzene rings is 1. The number of hydrogen-bond donors (Lipinski definition) is 0. The van der Waals surface area contributed by atoms with Crippen LogP contribution >= 0.6 is 0 Å². The molecule has 0 amide bonds. The van der Waals surface area contributed by atoms with Crippen molar-refractivity contribution in [3.05, 3.63) is 62.7 Å². The summed E-state index contributed by atoms with van der Waals surface area (Å²) >= 11 is 0. The molecule has 0 saturated carbocycles. The first kappa shape index (κ1) is 24.1. The summed E-state index contributed by atoms with van der Waals surface area (Å²) in [6.07, 6.45) is 4.85. The number of anilines is 2. The molecule has 1 aromatic carbocycles. The number of rotatable bonds is 5. The van der Waals surface area contributed by atoms with Gasteiger partial charge in [-0.05, 0) is 39.8 Å². The lowest BCUT2D eigenvalue weighted by Gasteiger charge is -2.36. The summed E-state index contributed by atoms with van der Waals surface area (Å²) in [6, 6.07) is 4.72. The average molecular weight is 481 g/mol. The number of fused-ring (bicyclic) bond motifs is 1. The van der Waals surface area contributed by atoms with Gasteiger partial charge in [0.25, 0.3) is 5.69 Å². The number of pyridine rings is 1. The van der Waals surface area contributed by atoms with E-state index in [1.807, 2.05) is 30.6 Å². The Hall–Kier alpha value is -4.02. The maximum Gasteiger partial charge on any atom is 0.343 e. The lowest BCUT2D eigenvalue weighted by molar-refractivity contribution is -0.384. The molecule has 2 aromatic heterocycles. The molecule has 1 saturated heterocycles. The number of ether oxygens (including phenoxy) is 1. The third kappa shape index (κ3) is 4.66. The van der Waals surface area contributed by atoms with Gasteiger partial charge in [0.15, 0.2) is 0 Å². The molecular formula is C24H28N6O5. The van der Waals surface area contributed by atoms with E-state index in [0.717, 1.165) is 0 Å². The van der Waals surface area contributed by atoms with Crippen LogP contribution in [-0.2, 0) is 10.3 Å². The summed E-state index contributed by atoms with van der Waals surface area (Å²) in [4.78, 5) is 49.8. The van der Waals surface area contributed by atoms with Crippen molar-refractivity contribution in [2.45, 2.75) is 33.2 Å². The Bertz CT molecular complexity index is 1320. The van der Waals surface area contributed by atoms with Crippen molar-refractivity contribution in [3.8, 4) is 0 Å². The van der Waals surface area contributed by atoms with E-state index in [1.165, 1.54) is 12.3 Å². The highest BCUT2D eigenvalue weighted by atomic mass is 16.6. The van der Waals surface area contributed by atoms with Gasteiger partial charge in [-0.3, -0.25) is 14.9 Å². The van der Waals surface area contributed by atoms with Gasteiger partial charge in [0, 0.05) is 56.4 Å². The van der Waals surface area contributed by atoms with E-state index >= 15 is 0 Å². The van der Waals surface area contributed by atoms with E-state index in [0.29, 0.717) is 43.3 Å². The Morgan fingerprint density at radius 3 is 2.31 bits per heavy atom. The van der Waals surface area contributed by atoms with Crippen LogP contribution in [0, 0.1) is 10.1 Å². The van der Waals surface area contributed by atoms with Crippen LogP contribution < -0.4 is 15.2 Å². The molecule has 11 heteroatoms. The maximum atomic E-state index is 13.2. The molecule has 0 aliphatic carbocycles. The van der Waals surface area contributed by atoms with Gasteiger partial charge in [-0.2, -0.15) is 0 Å². The standard InChI is InChI=1S/C24H28N6O5/c1-5-35-22(32)17-15-29(24(2,3)4)18-14-19(20(30(33)34)13-16(18)21(17)31)27-9-11-28(12-10-27)23-25-7-6-8-26-23/h6-8,13-15H,5,9-12H2,1-4H3. The van der Waals surface area contributed by atoms with Gasteiger partial charge in [-0.25, -0.2) is 14.8 Å². The molecule has 0 bridgehead atoms. The summed E-state index contributed by atoms with van der Waals surface area (Å²) in [5.74, 6) is -0.128. The van der Waals surface area contributed by atoms with Crippen LogP contribution in [-0.4, -0.2) is 58.2 Å². The zero-order chi connectivity index (χ0) is 25.3. The third-order valence-electron chi connectivity index (χ3n) is 5.97. The predicted molar refractivity (Wildman–Crippen MR) is 132 cm³/mol. The molecule has 1 aliphatic heterocycles. The fraction of sp³-hybridized carbons (Fsp3) is 0.417. The molecule has 35 heavy (non-hydrogen) atoms. The van der Waals surface area contributed by atoms with Crippen molar-refractivity contribution >= 4 is 34.2 Å². The van der Waals surface area contributed by atoms with Crippen molar-refractivity contribution in [1.29, 1.82) is 0 Å². The van der Waals surface area contributed by atoms with E-state index in [4.69, 9.17) is 4.74 Å². The number of nitro benzene ring substituents is 1. The van der Waals surface area contributed by atoms with Gasteiger partial charge in [0.05, 0.1) is 22.4 Å². The molecule has 0 N–H and O–H groups in total. The SMILES string of the molecule is CCOC(=O)c1cn(C(C)(C)C)c2cc(N3CCN(c4ncccn4)CC3)c([N+](=O)[O-])cc2c1=O. The first-order valence-corrected chi connectivity index (χ1v) is 11.4. The average Bonchev–Trinajstić information content (AvgIpc) is 2.83. The monoisotopic (exact) mass is 480 g/mol. The number of piperazine rings is 1. The summed E-state index contributed by atoms with van der Waals surface area (Å²) in [6.45, 7) is 9.80. The number of hydrogen-bond acceptors (Lipinski definition) is 9. The molecule has 0 unspecified atom stereocenters. The molecule has 3 heterocycles. The van der Waals surface area contributed by atoms with Gasteiger partial charge >= 0.3 is 5.97 Å². The second-order valence-electron chi connectivity index (χ2n) is 9.27. The van der Waals surface area contributed by atoms with Crippen molar-refractivity contribution in [2.24, 2.45) is 0 Å². The van der Waals surface area contributed by atoms with Gasteiger partial charge in [0.1, 0.15) is 11.3 Å². The summed E-state index contributed by atoms with van der Waals surface area (Å²) in [5, 5.41) is 12.2. The zero-order valence-corrected chi connectivity index (χ0v) is 20.2. The van der Waals surface area contributed by atoms with Gasteiger partial charge in [-0.15, -0.1) is 0 Å². The van der Waals surface area contributed by atoms with Crippen LogP contribution in [0.25, 0.3) is 10.9 Å². The Kier molecular flexibility index (Phi) is 6.42. The highest BCUT2D eigenvalue weighted by Gasteiger charge is 2.29. The van der Waals surface area contributed by atoms with E-state index in [9.17, 15) is 19.7 Å². The number of esters is 1. The third-order valence-corrected chi connectivity index (χ3v) is 5.97. The van der Waals surface area contributed by atoms with Crippen LogP contribution in [0.4, 0.5) is 17.3 Å². The van der Waals surface area contributed by atoms with E-state index < -0.39 is 21.9 Å². The summed E-state index contributed by atoms with van der Waals surface area (Å²) in [7, 11) is 0. The van der Waals surface area contributed by atoms with Crippen LogP contribution in [0.2, 0.25) is 0 Å². The molecular weight excluding hydrogens is 452 g/mol. The van der Waals surface area contributed by atoms with Crippen molar-refractivity contribution < 1.29 is 14.5 Å². The Labute approximate surface area is 202 Å². The highest BCUT2D eigenvalue weighted by Crippen LogP contribution is 2.35. The second-order valence-corrected chi connectivity index (χ2v) is 9.27. The molecule has 0 atom stereocenters. The first-order valence-electron chi connectivity index (χ1n) is 11.4. The largest absolute Gasteiger partial charge is 0.462 e. The highest BCUT2D eigenvalue weighted by molar-refractivity contribution is 5.96. The molecule has 0 radical (unpaired) electrons. The minimum Gasteiger partial charge on any atom is -0.462 e.